The molecule has 0 spiro atoms. The maximum atomic E-state index is 10.6. The summed E-state index contributed by atoms with van der Waals surface area (Å²) < 4.78 is 10.2. The number of ether oxygens (including phenoxy) is 2. The van der Waals surface area contributed by atoms with Crippen LogP contribution in [0.1, 0.15) is 13.8 Å². The first-order valence-corrected chi connectivity index (χ1v) is 4.49. The number of anilines is 1. The normalized spacial score (nSPS) is 9.73. The third-order valence-corrected chi connectivity index (χ3v) is 1.49. The molecule has 1 heterocycles. The van der Waals surface area contributed by atoms with E-state index < -0.39 is 0 Å². The fourth-order valence-electron chi connectivity index (χ4n) is 0.983. The molecular weight excluding hydrogens is 200 g/mol. The Kier molecular flexibility index (Phi) is 3.78. The summed E-state index contributed by atoms with van der Waals surface area (Å²) in [4.78, 5) is 18.1. The fraction of sp³-hybridized carbons (Fsp3) is 0.500. The molecule has 15 heavy (non-hydrogen) atoms. The fourth-order valence-corrected chi connectivity index (χ4v) is 0.983. The Morgan fingerprint density at radius 1 is 1.20 bits per heavy atom. The molecule has 0 saturated heterocycles. The maximum Gasteiger partial charge on any atom is 0.252 e. The summed E-state index contributed by atoms with van der Waals surface area (Å²) >= 11 is 0. The van der Waals surface area contributed by atoms with Gasteiger partial charge in [0.05, 0.1) is 13.2 Å². The molecule has 0 radical (unpaired) electrons. The second kappa shape index (κ2) is 5.08. The van der Waals surface area contributed by atoms with E-state index in [0.29, 0.717) is 13.2 Å². The number of nitrogens with zero attached hydrogens (tertiary/aromatic N) is 3. The highest BCUT2D eigenvalue weighted by atomic mass is 16.5. The number of nitroso groups, excluding NO2 is 1. The number of hydrogen-bond acceptors (Lipinski definition) is 7. The lowest BCUT2D eigenvalue weighted by atomic mass is 10.5. The van der Waals surface area contributed by atoms with Gasteiger partial charge < -0.3 is 15.2 Å². The Morgan fingerprint density at radius 2 is 1.67 bits per heavy atom. The third kappa shape index (κ3) is 2.52. The quantitative estimate of drug-likeness (QED) is 0.737. The first-order valence-electron chi connectivity index (χ1n) is 4.49. The van der Waals surface area contributed by atoms with Crippen LogP contribution >= 0.6 is 0 Å². The van der Waals surface area contributed by atoms with Crippen molar-refractivity contribution >= 4 is 11.6 Å². The zero-order valence-corrected chi connectivity index (χ0v) is 8.56. The predicted molar refractivity (Wildman–Crippen MR) is 54.2 cm³/mol. The molecule has 0 saturated carbocycles. The monoisotopic (exact) mass is 212 g/mol. The van der Waals surface area contributed by atoms with Crippen molar-refractivity contribution in [3.63, 3.8) is 0 Å². The predicted octanol–water partition coefficient (Wildman–Crippen LogP) is 1.25. The molecule has 0 atom stereocenters. The molecule has 82 valence electrons. The van der Waals surface area contributed by atoms with Crippen LogP contribution in [0.5, 0.6) is 11.8 Å². The molecule has 0 aliphatic carbocycles. The molecule has 7 nitrogen and oxygen atoms in total. The Balaban J connectivity index is 3.18. The molecule has 1 rings (SSSR count). The van der Waals surface area contributed by atoms with Crippen molar-refractivity contribution in [3.8, 4) is 11.8 Å². The van der Waals surface area contributed by atoms with E-state index in [1.165, 1.54) is 0 Å². The average molecular weight is 212 g/mol. The maximum absolute atomic E-state index is 10.6. The zero-order valence-electron chi connectivity index (χ0n) is 8.56. The van der Waals surface area contributed by atoms with Crippen LogP contribution in [-0.4, -0.2) is 23.2 Å². The molecule has 1 aromatic rings. The van der Waals surface area contributed by atoms with Crippen LogP contribution in [0.4, 0.5) is 11.6 Å². The SMILES string of the molecule is CCOc1nc(N)nc(OCC)c1N=O. The van der Waals surface area contributed by atoms with Gasteiger partial charge in [-0.1, -0.05) is 0 Å². The third-order valence-electron chi connectivity index (χ3n) is 1.49. The number of aromatic nitrogens is 2. The van der Waals surface area contributed by atoms with E-state index in [-0.39, 0.29) is 23.4 Å². The summed E-state index contributed by atoms with van der Waals surface area (Å²) in [6, 6.07) is 0. The molecule has 1 aromatic heterocycles. The van der Waals surface area contributed by atoms with E-state index in [2.05, 4.69) is 15.1 Å². The smallest absolute Gasteiger partial charge is 0.252 e. The number of nitrogen functional groups attached to an aromatic ring is 1. The van der Waals surface area contributed by atoms with E-state index >= 15 is 0 Å². The molecule has 7 heteroatoms. The van der Waals surface area contributed by atoms with Crippen LogP contribution in [0.3, 0.4) is 0 Å². The Morgan fingerprint density at radius 3 is 2.00 bits per heavy atom. The van der Waals surface area contributed by atoms with E-state index in [9.17, 15) is 4.91 Å². The van der Waals surface area contributed by atoms with E-state index in [1.54, 1.807) is 13.8 Å². The van der Waals surface area contributed by atoms with Crippen molar-refractivity contribution < 1.29 is 9.47 Å². The van der Waals surface area contributed by atoms with Gasteiger partial charge >= 0.3 is 0 Å². The van der Waals surface area contributed by atoms with Crippen molar-refractivity contribution in [1.29, 1.82) is 0 Å². The number of rotatable bonds is 5. The van der Waals surface area contributed by atoms with Crippen molar-refractivity contribution in [2.45, 2.75) is 13.8 Å². The minimum absolute atomic E-state index is 0.0192. The van der Waals surface area contributed by atoms with Gasteiger partial charge in [-0.25, -0.2) is 0 Å². The lowest BCUT2D eigenvalue weighted by Crippen LogP contribution is -2.04. The van der Waals surface area contributed by atoms with Crippen LogP contribution in [0.2, 0.25) is 0 Å². The second-order valence-electron chi connectivity index (χ2n) is 2.50. The molecule has 2 N–H and O–H groups in total. The number of nitrogens with two attached hydrogens (primary N) is 1. The van der Waals surface area contributed by atoms with Gasteiger partial charge in [-0.15, -0.1) is 4.91 Å². The van der Waals surface area contributed by atoms with Gasteiger partial charge in [-0.3, -0.25) is 0 Å². The lowest BCUT2D eigenvalue weighted by Gasteiger charge is -2.08. The van der Waals surface area contributed by atoms with Crippen LogP contribution in [-0.2, 0) is 0 Å². The van der Waals surface area contributed by atoms with Gasteiger partial charge in [0.1, 0.15) is 0 Å². The lowest BCUT2D eigenvalue weighted by molar-refractivity contribution is 0.309. The van der Waals surface area contributed by atoms with Gasteiger partial charge in [0.25, 0.3) is 11.8 Å². The van der Waals surface area contributed by atoms with Crippen LogP contribution in [0.25, 0.3) is 0 Å². The van der Waals surface area contributed by atoms with Crippen LogP contribution in [0.15, 0.2) is 5.18 Å². The van der Waals surface area contributed by atoms with Crippen molar-refractivity contribution in [2.75, 3.05) is 18.9 Å². The van der Waals surface area contributed by atoms with Crippen molar-refractivity contribution in [3.05, 3.63) is 4.91 Å². The largest absolute Gasteiger partial charge is 0.476 e. The summed E-state index contributed by atoms with van der Waals surface area (Å²) in [6.07, 6.45) is 0. The molecule has 0 bridgehead atoms. The highest BCUT2D eigenvalue weighted by molar-refractivity contribution is 5.57. The standard InChI is InChI=1S/C8H12N4O3/c1-3-14-6-5(12-13)7(15-4-2)11-8(9)10-6/h3-4H2,1-2H3,(H2,9,10,11). The Bertz CT molecular complexity index is 329. The first kappa shape index (κ1) is 11.2. The summed E-state index contributed by atoms with van der Waals surface area (Å²) in [5, 5.41) is 2.77. The van der Waals surface area contributed by atoms with Crippen molar-refractivity contribution in [2.24, 2.45) is 5.18 Å². The van der Waals surface area contributed by atoms with Gasteiger partial charge in [0, 0.05) is 0 Å². The van der Waals surface area contributed by atoms with E-state index in [1.807, 2.05) is 0 Å². The van der Waals surface area contributed by atoms with E-state index in [0.717, 1.165) is 0 Å². The minimum Gasteiger partial charge on any atom is -0.476 e. The molecule has 0 aliphatic rings. The van der Waals surface area contributed by atoms with E-state index in [4.69, 9.17) is 15.2 Å². The summed E-state index contributed by atoms with van der Waals surface area (Å²) in [6.45, 7) is 4.22. The Labute approximate surface area is 86.6 Å². The molecule has 0 amide bonds. The minimum atomic E-state index is -0.0621. The second-order valence-corrected chi connectivity index (χ2v) is 2.50. The summed E-state index contributed by atoms with van der Waals surface area (Å²) in [5.74, 6) is 0.0706. The highest BCUT2D eigenvalue weighted by Crippen LogP contribution is 2.34. The first-order chi connectivity index (χ1) is 7.22. The molecule has 0 aromatic carbocycles. The molecule has 0 unspecified atom stereocenters. The summed E-state index contributed by atoms with van der Waals surface area (Å²) in [7, 11) is 0. The van der Waals surface area contributed by atoms with Gasteiger partial charge in [0.2, 0.25) is 11.6 Å². The number of hydrogen-bond donors (Lipinski definition) is 1. The van der Waals surface area contributed by atoms with Gasteiger partial charge in [-0.05, 0) is 19.0 Å². The highest BCUT2D eigenvalue weighted by Gasteiger charge is 2.16. The summed E-state index contributed by atoms with van der Waals surface area (Å²) in [5.41, 5.74) is 5.36. The van der Waals surface area contributed by atoms with Gasteiger partial charge in [0.15, 0.2) is 0 Å². The Hall–Kier alpha value is -1.92. The van der Waals surface area contributed by atoms with Crippen LogP contribution in [0, 0.1) is 4.91 Å². The molecule has 0 fully saturated rings. The average Bonchev–Trinajstić information content (AvgIpc) is 2.18. The van der Waals surface area contributed by atoms with Crippen LogP contribution < -0.4 is 15.2 Å². The molecular formula is C8H12N4O3. The van der Waals surface area contributed by atoms with Gasteiger partial charge in [-0.2, -0.15) is 9.97 Å². The molecule has 0 aliphatic heterocycles. The van der Waals surface area contributed by atoms with Crippen molar-refractivity contribution in [1.82, 2.24) is 9.97 Å². The topological polar surface area (TPSA) is 99.7 Å². The zero-order chi connectivity index (χ0) is 11.3.